The van der Waals surface area contributed by atoms with Gasteiger partial charge in [0.15, 0.2) is 0 Å². The van der Waals surface area contributed by atoms with Crippen LogP contribution in [0.1, 0.15) is 19.3 Å². The smallest absolute Gasteiger partial charge is 0.000654 e. The zero-order chi connectivity index (χ0) is 5.82. The first-order valence-corrected chi connectivity index (χ1v) is 3.45. The molecule has 0 saturated carbocycles. The van der Waals surface area contributed by atoms with Gasteiger partial charge in [0.05, 0.1) is 0 Å². The van der Waals surface area contributed by atoms with Gasteiger partial charge in [-0.3, -0.25) is 0 Å². The van der Waals surface area contributed by atoms with Gasteiger partial charge >= 0.3 is 0 Å². The highest BCUT2D eigenvalue weighted by Crippen LogP contribution is 2.05. The Balaban J connectivity index is 1.86. The predicted molar refractivity (Wildman–Crippen MR) is 35.6 cm³/mol. The van der Waals surface area contributed by atoms with Gasteiger partial charge in [-0.25, -0.2) is 0 Å². The Bertz CT molecular complexity index is 57.4. The van der Waals surface area contributed by atoms with Gasteiger partial charge in [0.1, 0.15) is 0 Å². The first-order valence-electron chi connectivity index (χ1n) is 3.45. The van der Waals surface area contributed by atoms with Crippen LogP contribution in [0.25, 0.3) is 0 Å². The van der Waals surface area contributed by atoms with Gasteiger partial charge in [0.25, 0.3) is 0 Å². The second-order valence-electron chi connectivity index (χ2n) is 2.40. The van der Waals surface area contributed by atoms with Crippen LogP contribution in [0.4, 0.5) is 0 Å². The quantitative estimate of drug-likeness (QED) is 0.532. The lowest BCUT2D eigenvalue weighted by Gasteiger charge is -2.30. The molecule has 1 aliphatic heterocycles. The van der Waals surface area contributed by atoms with E-state index in [2.05, 4.69) is 11.8 Å². The van der Waals surface area contributed by atoms with Gasteiger partial charge in [-0.05, 0) is 32.5 Å². The summed E-state index contributed by atoms with van der Waals surface area (Å²) in [5.41, 5.74) is 0. The van der Waals surface area contributed by atoms with E-state index in [4.69, 9.17) is 0 Å². The lowest BCUT2D eigenvalue weighted by molar-refractivity contribution is 0.180. The van der Waals surface area contributed by atoms with E-state index in [0.29, 0.717) is 0 Å². The molecule has 0 spiro atoms. The van der Waals surface area contributed by atoms with E-state index in [9.17, 15) is 0 Å². The minimum Gasteiger partial charge on any atom is -0.303 e. The van der Waals surface area contributed by atoms with Crippen molar-refractivity contribution >= 4 is 0 Å². The molecule has 0 bridgehead atoms. The summed E-state index contributed by atoms with van der Waals surface area (Å²) in [6.45, 7) is 7.74. The van der Waals surface area contributed by atoms with E-state index < -0.39 is 0 Å². The monoisotopic (exact) mass is 112 g/mol. The van der Waals surface area contributed by atoms with Crippen molar-refractivity contribution in [3.63, 3.8) is 0 Å². The number of likely N-dealkylation sites (tertiary alicyclic amines) is 1. The molecule has 1 aliphatic rings. The Kier molecular flexibility index (Phi) is 2.34. The van der Waals surface area contributed by atoms with Crippen LogP contribution in [-0.2, 0) is 0 Å². The Hall–Kier alpha value is -0.0400. The van der Waals surface area contributed by atoms with Crippen molar-refractivity contribution < 1.29 is 0 Å². The first-order chi connectivity index (χ1) is 3.93. The molecule has 0 aromatic rings. The van der Waals surface area contributed by atoms with E-state index in [0.717, 1.165) is 6.42 Å². The van der Waals surface area contributed by atoms with Crippen LogP contribution >= 0.6 is 0 Å². The molecule has 1 nitrogen and oxygen atoms in total. The number of hydrogen-bond donors (Lipinski definition) is 0. The Morgan fingerprint density at radius 1 is 1.38 bits per heavy atom. The molecular weight excluding hydrogens is 98.1 g/mol. The minimum atomic E-state index is 1.09. The molecule has 1 radical (unpaired) electrons. The van der Waals surface area contributed by atoms with Crippen LogP contribution < -0.4 is 0 Å². The van der Waals surface area contributed by atoms with Gasteiger partial charge in [-0.2, -0.15) is 0 Å². The molecule has 1 saturated heterocycles. The fraction of sp³-hybridized carbons (Fsp3) is 0.857. The SMILES string of the molecule is [CH2]CCCN1CCC1. The maximum Gasteiger partial charge on any atom is -0.000654 e. The van der Waals surface area contributed by atoms with Crippen LogP contribution in [0.2, 0.25) is 0 Å². The largest absolute Gasteiger partial charge is 0.303 e. The normalized spacial score (nSPS) is 20.6. The van der Waals surface area contributed by atoms with Crippen LogP contribution in [0.3, 0.4) is 0 Å². The van der Waals surface area contributed by atoms with Gasteiger partial charge in [0.2, 0.25) is 0 Å². The highest BCUT2D eigenvalue weighted by molar-refractivity contribution is 4.67. The van der Waals surface area contributed by atoms with E-state index in [-0.39, 0.29) is 0 Å². The summed E-state index contributed by atoms with van der Waals surface area (Å²) in [5, 5.41) is 0. The van der Waals surface area contributed by atoms with E-state index in [1.54, 1.807) is 0 Å². The highest BCUT2D eigenvalue weighted by atomic mass is 15.2. The standard InChI is InChI=1S/C7H14N/c1-2-3-5-8-6-4-7-8/h1-7H2. The van der Waals surface area contributed by atoms with Gasteiger partial charge in [-0.15, -0.1) is 0 Å². The van der Waals surface area contributed by atoms with Crippen LogP contribution in [-0.4, -0.2) is 24.5 Å². The Labute approximate surface area is 51.7 Å². The zero-order valence-electron chi connectivity index (χ0n) is 5.40. The maximum atomic E-state index is 3.79. The Morgan fingerprint density at radius 3 is 2.50 bits per heavy atom. The molecule has 1 heterocycles. The van der Waals surface area contributed by atoms with E-state index in [1.165, 1.54) is 32.5 Å². The fourth-order valence-electron chi connectivity index (χ4n) is 0.941. The number of rotatable bonds is 3. The van der Waals surface area contributed by atoms with Crippen molar-refractivity contribution in [3.05, 3.63) is 6.92 Å². The molecule has 0 unspecified atom stereocenters. The summed E-state index contributed by atoms with van der Waals surface area (Å²) in [6.07, 6.45) is 3.79. The summed E-state index contributed by atoms with van der Waals surface area (Å²) in [7, 11) is 0. The lowest BCUT2D eigenvalue weighted by atomic mass is 10.2. The van der Waals surface area contributed by atoms with E-state index >= 15 is 0 Å². The molecular formula is C7H14N. The molecule has 0 atom stereocenters. The third-order valence-electron chi connectivity index (χ3n) is 1.67. The summed E-state index contributed by atoms with van der Waals surface area (Å²) in [4.78, 5) is 2.48. The number of hydrogen-bond acceptors (Lipinski definition) is 1. The molecule has 47 valence electrons. The molecule has 1 heteroatoms. The van der Waals surface area contributed by atoms with Crippen LogP contribution in [0.5, 0.6) is 0 Å². The molecule has 0 aliphatic carbocycles. The van der Waals surface area contributed by atoms with Crippen molar-refractivity contribution in [1.29, 1.82) is 0 Å². The molecule has 8 heavy (non-hydrogen) atoms. The molecule has 1 rings (SSSR count). The minimum absolute atomic E-state index is 1.09. The second-order valence-corrected chi connectivity index (χ2v) is 2.40. The summed E-state index contributed by atoms with van der Waals surface area (Å²) >= 11 is 0. The molecule has 1 fully saturated rings. The van der Waals surface area contributed by atoms with Crippen molar-refractivity contribution in [3.8, 4) is 0 Å². The van der Waals surface area contributed by atoms with Crippen molar-refractivity contribution in [2.24, 2.45) is 0 Å². The summed E-state index contributed by atoms with van der Waals surface area (Å²) in [6, 6.07) is 0. The molecule has 0 aromatic heterocycles. The molecule has 0 amide bonds. The van der Waals surface area contributed by atoms with Crippen LogP contribution in [0.15, 0.2) is 0 Å². The van der Waals surface area contributed by atoms with Crippen molar-refractivity contribution in [2.75, 3.05) is 19.6 Å². The summed E-state index contributed by atoms with van der Waals surface area (Å²) in [5.74, 6) is 0. The topological polar surface area (TPSA) is 3.24 Å². The number of unbranched alkanes of at least 4 members (excludes halogenated alkanes) is 1. The predicted octanol–water partition coefficient (Wildman–Crippen LogP) is 1.31. The first kappa shape index (κ1) is 6.09. The summed E-state index contributed by atoms with van der Waals surface area (Å²) < 4.78 is 0. The second kappa shape index (κ2) is 3.08. The van der Waals surface area contributed by atoms with Gasteiger partial charge in [0, 0.05) is 0 Å². The van der Waals surface area contributed by atoms with Gasteiger partial charge in [-0.1, -0.05) is 13.3 Å². The van der Waals surface area contributed by atoms with E-state index in [1.807, 2.05) is 0 Å². The molecule has 0 N–H and O–H groups in total. The zero-order valence-corrected chi connectivity index (χ0v) is 5.40. The Morgan fingerprint density at radius 2 is 2.12 bits per heavy atom. The highest BCUT2D eigenvalue weighted by Gasteiger charge is 2.11. The third-order valence-corrected chi connectivity index (χ3v) is 1.67. The number of nitrogens with zero attached hydrogens (tertiary/aromatic N) is 1. The average Bonchev–Trinajstić information content (AvgIpc) is 1.63. The van der Waals surface area contributed by atoms with Crippen LogP contribution in [0, 0.1) is 6.92 Å². The van der Waals surface area contributed by atoms with Crippen molar-refractivity contribution in [1.82, 2.24) is 4.90 Å². The van der Waals surface area contributed by atoms with Crippen molar-refractivity contribution in [2.45, 2.75) is 19.3 Å². The lowest BCUT2D eigenvalue weighted by Crippen LogP contribution is -2.37. The van der Waals surface area contributed by atoms with Gasteiger partial charge < -0.3 is 4.90 Å². The average molecular weight is 112 g/mol. The third kappa shape index (κ3) is 1.48. The fourth-order valence-corrected chi connectivity index (χ4v) is 0.941. The molecule has 0 aromatic carbocycles. The maximum absolute atomic E-state index is 3.79.